The molecule has 6 heteroatoms. The highest BCUT2D eigenvalue weighted by molar-refractivity contribution is 7.12. The zero-order valence-corrected chi connectivity index (χ0v) is 11.1. The first-order valence-electron chi connectivity index (χ1n) is 5.62. The molecule has 1 rings (SSSR count). The zero-order chi connectivity index (χ0) is 13.5. The van der Waals surface area contributed by atoms with E-state index in [9.17, 15) is 9.59 Å². The average Bonchev–Trinajstić information content (AvgIpc) is 2.89. The van der Waals surface area contributed by atoms with Crippen LogP contribution in [0.1, 0.15) is 29.9 Å². The summed E-state index contributed by atoms with van der Waals surface area (Å²) in [5, 5.41) is 15.7. The van der Waals surface area contributed by atoms with E-state index in [4.69, 9.17) is 5.26 Å². The topological polar surface area (TPSA) is 82.0 Å². The Balaban J connectivity index is 2.50. The number of nitriles is 1. The third-order valence-electron chi connectivity index (χ3n) is 2.37. The Morgan fingerprint density at radius 1 is 1.50 bits per heavy atom. The van der Waals surface area contributed by atoms with Crippen LogP contribution >= 0.6 is 11.3 Å². The van der Waals surface area contributed by atoms with E-state index < -0.39 is 12.1 Å². The summed E-state index contributed by atoms with van der Waals surface area (Å²) >= 11 is 1.31. The molecule has 1 aromatic rings. The Hall–Kier alpha value is -1.87. The fraction of sp³-hybridized carbons (Fsp3) is 0.417. The van der Waals surface area contributed by atoms with E-state index in [1.165, 1.54) is 11.3 Å². The molecule has 0 fully saturated rings. The minimum Gasteiger partial charge on any atom is -0.340 e. The Bertz CT molecular complexity index is 450. The molecule has 0 saturated carbocycles. The van der Waals surface area contributed by atoms with Gasteiger partial charge in [-0.05, 0) is 24.8 Å². The first kappa shape index (κ1) is 14.2. The van der Waals surface area contributed by atoms with Crippen molar-refractivity contribution >= 4 is 23.2 Å². The van der Waals surface area contributed by atoms with Gasteiger partial charge in [0.05, 0.1) is 10.9 Å². The first-order chi connectivity index (χ1) is 8.58. The van der Waals surface area contributed by atoms with E-state index in [1.807, 2.05) is 13.0 Å². The second-order valence-corrected chi connectivity index (χ2v) is 4.72. The second kappa shape index (κ2) is 6.77. The minimum absolute atomic E-state index is 0.280. The summed E-state index contributed by atoms with van der Waals surface area (Å²) in [6.45, 7) is 3.40. The highest BCUT2D eigenvalue weighted by Gasteiger charge is 2.19. The van der Waals surface area contributed by atoms with Crippen LogP contribution in [0.2, 0.25) is 0 Å². The summed E-state index contributed by atoms with van der Waals surface area (Å²) in [5.74, 6) is -0.633. The number of amides is 2. The number of carbonyl (C=O) groups is 2. The molecule has 1 aromatic heterocycles. The molecule has 0 aliphatic heterocycles. The Labute approximate surface area is 110 Å². The summed E-state index contributed by atoms with van der Waals surface area (Å²) in [7, 11) is 0. The van der Waals surface area contributed by atoms with E-state index >= 15 is 0 Å². The van der Waals surface area contributed by atoms with Crippen molar-refractivity contribution in [2.75, 3.05) is 0 Å². The molecule has 0 aliphatic rings. The number of hydrogen-bond donors (Lipinski definition) is 2. The largest absolute Gasteiger partial charge is 0.340 e. The van der Waals surface area contributed by atoms with Crippen molar-refractivity contribution in [2.24, 2.45) is 0 Å². The Kier molecular flexibility index (Phi) is 5.33. The van der Waals surface area contributed by atoms with Gasteiger partial charge in [0, 0.05) is 0 Å². The molecule has 0 aliphatic carbocycles. The highest BCUT2D eigenvalue weighted by atomic mass is 32.1. The lowest BCUT2D eigenvalue weighted by Gasteiger charge is -2.15. The second-order valence-electron chi connectivity index (χ2n) is 3.77. The van der Waals surface area contributed by atoms with Crippen LogP contribution in [0.25, 0.3) is 0 Å². The lowest BCUT2D eigenvalue weighted by Crippen LogP contribution is -2.47. The fourth-order valence-corrected chi connectivity index (χ4v) is 1.89. The molecule has 0 radical (unpaired) electrons. The van der Waals surface area contributed by atoms with Crippen LogP contribution in [0.15, 0.2) is 17.5 Å². The van der Waals surface area contributed by atoms with Crippen molar-refractivity contribution in [3.8, 4) is 6.07 Å². The third-order valence-corrected chi connectivity index (χ3v) is 3.24. The van der Waals surface area contributed by atoms with Crippen molar-refractivity contribution in [3.05, 3.63) is 22.4 Å². The van der Waals surface area contributed by atoms with Gasteiger partial charge in [0.15, 0.2) is 0 Å². The summed E-state index contributed by atoms with van der Waals surface area (Å²) in [6.07, 6.45) is 0.536. The van der Waals surface area contributed by atoms with Crippen LogP contribution in [0, 0.1) is 11.3 Å². The van der Waals surface area contributed by atoms with Gasteiger partial charge in [0.1, 0.15) is 12.1 Å². The predicted molar refractivity (Wildman–Crippen MR) is 69.1 cm³/mol. The summed E-state index contributed by atoms with van der Waals surface area (Å²) in [4.78, 5) is 24.0. The third kappa shape index (κ3) is 3.86. The molecule has 0 spiro atoms. The maximum absolute atomic E-state index is 11.7. The average molecular weight is 265 g/mol. The highest BCUT2D eigenvalue weighted by Crippen LogP contribution is 2.08. The van der Waals surface area contributed by atoms with Gasteiger partial charge >= 0.3 is 0 Å². The molecule has 2 N–H and O–H groups in total. The molecule has 18 heavy (non-hydrogen) atoms. The van der Waals surface area contributed by atoms with Crippen LogP contribution in [-0.2, 0) is 4.79 Å². The van der Waals surface area contributed by atoms with Gasteiger partial charge in [-0.25, -0.2) is 0 Å². The van der Waals surface area contributed by atoms with Crippen molar-refractivity contribution < 1.29 is 9.59 Å². The van der Waals surface area contributed by atoms with Crippen molar-refractivity contribution in [3.63, 3.8) is 0 Å². The van der Waals surface area contributed by atoms with Crippen molar-refractivity contribution in [1.82, 2.24) is 10.6 Å². The maximum Gasteiger partial charge on any atom is 0.261 e. The zero-order valence-electron chi connectivity index (χ0n) is 10.3. The molecule has 0 bridgehead atoms. The lowest BCUT2D eigenvalue weighted by atomic mass is 10.2. The Morgan fingerprint density at radius 3 is 2.72 bits per heavy atom. The van der Waals surface area contributed by atoms with E-state index in [1.54, 1.807) is 24.4 Å². The molecular formula is C12H15N3O2S. The number of nitrogens with zero attached hydrogens (tertiary/aromatic N) is 1. The maximum atomic E-state index is 11.7. The molecular weight excluding hydrogens is 250 g/mol. The van der Waals surface area contributed by atoms with Crippen molar-refractivity contribution in [1.29, 1.82) is 5.26 Å². The molecule has 2 amide bonds. The van der Waals surface area contributed by atoms with Gasteiger partial charge in [-0.3, -0.25) is 9.59 Å². The van der Waals surface area contributed by atoms with Gasteiger partial charge < -0.3 is 10.6 Å². The first-order valence-corrected chi connectivity index (χ1v) is 6.50. The molecule has 0 saturated heterocycles. The number of rotatable bonds is 5. The predicted octanol–water partition coefficient (Wildman–Crippen LogP) is 1.28. The van der Waals surface area contributed by atoms with Crippen LogP contribution < -0.4 is 10.6 Å². The molecule has 96 valence electrons. The summed E-state index contributed by atoms with van der Waals surface area (Å²) < 4.78 is 0. The van der Waals surface area contributed by atoms with Crippen molar-refractivity contribution in [2.45, 2.75) is 32.4 Å². The van der Waals surface area contributed by atoms with E-state index in [0.717, 1.165) is 0 Å². The van der Waals surface area contributed by atoms with Crippen LogP contribution in [0.4, 0.5) is 0 Å². The fourth-order valence-electron chi connectivity index (χ4n) is 1.26. The van der Waals surface area contributed by atoms with Crippen LogP contribution in [0.3, 0.4) is 0 Å². The van der Waals surface area contributed by atoms with Gasteiger partial charge in [0.2, 0.25) is 5.91 Å². The standard InChI is InChI=1S/C12H15N3O2S/c1-3-9(7-13)15-11(16)8(2)14-12(17)10-5-4-6-18-10/h4-6,8-9H,3H2,1-2H3,(H,14,17)(H,15,16). The number of carbonyl (C=O) groups excluding carboxylic acids is 2. The van der Waals surface area contributed by atoms with E-state index in [0.29, 0.717) is 11.3 Å². The van der Waals surface area contributed by atoms with E-state index in [-0.39, 0.29) is 11.8 Å². The minimum atomic E-state index is -0.665. The van der Waals surface area contributed by atoms with E-state index in [2.05, 4.69) is 10.6 Å². The monoisotopic (exact) mass is 265 g/mol. The lowest BCUT2D eigenvalue weighted by molar-refractivity contribution is -0.122. The van der Waals surface area contributed by atoms with Gasteiger partial charge in [-0.1, -0.05) is 13.0 Å². The molecule has 1 heterocycles. The summed E-state index contributed by atoms with van der Waals surface area (Å²) in [5.41, 5.74) is 0. The molecule has 5 nitrogen and oxygen atoms in total. The number of nitrogens with one attached hydrogen (secondary N) is 2. The van der Waals surface area contributed by atoms with Gasteiger partial charge in [0.25, 0.3) is 5.91 Å². The molecule has 2 atom stereocenters. The normalized spacial score (nSPS) is 13.2. The van der Waals surface area contributed by atoms with Crippen LogP contribution in [-0.4, -0.2) is 23.9 Å². The number of thiophene rings is 1. The van der Waals surface area contributed by atoms with Gasteiger partial charge in [-0.15, -0.1) is 11.3 Å². The number of hydrogen-bond acceptors (Lipinski definition) is 4. The van der Waals surface area contributed by atoms with Crippen LogP contribution in [0.5, 0.6) is 0 Å². The Morgan fingerprint density at radius 2 is 2.22 bits per heavy atom. The summed E-state index contributed by atoms with van der Waals surface area (Å²) in [6, 6.07) is 4.26. The SMILES string of the molecule is CCC(C#N)NC(=O)C(C)NC(=O)c1cccs1. The quantitative estimate of drug-likeness (QED) is 0.841. The smallest absolute Gasteiger partial charge is 0.261 e. The molecule has 0 aromatic carbocycles. The molecule has 2 unspecified atom stereocenters. The van der Waals surface area contributed by atoms with Gasteiger partial charge in [-0.2, -0.15) is 5.26 Å².